The van der Waals surface area contributed by atoms with E-state index >= 15 is 0 Å². The number of anilines is 1. The number of amides is 1. The smallest absolute Gasteiger partial charge is 0.246 e. The van der Waals surface area contributed by atoms with Crippen molar-refractivity contribution in [3.63, 3.8) is 0 Å². The van der Waals surface area contributed by atoms with Crippen LogP contribution >= 0.6 is 39.9 Å². The summed E-state index contributed by atoms with van der Waals surface area (Å²) in [4.78, 5) is 16.5. The van der Waals surface area contributed by atoms with Gasteiger partial charge in [0, 0.05) is 22.7 Å². The Hall–Kier alpha value is -1.09. The van der Waals surface area contributed by atoms with Crippen LogP contribution in [0, 0.1) is 6.92 Å². The summed E-state index contributed by atoms with van der Waals surface area (Å²) in [6, 6.07) is 6.17. The molecule has 0 aromatic heterocycles. The fourth-order valence-corrected chi connectivity index (χ4v) is 2.68. The van der Waals surface area contributed by atoms with Crippen molar-refractivity contribution in [3.05, 3.63) is 40.4 Å². The van der Waals surface area contributed by atoms with Crippen LogP contribution in [-0.4, -0.2) is 31.0 Å². The van der Waals surface area contributed by atoms with E-state index in [1.807, 2.05) is 32.0 Å². The van der Waals surface area contributed by atoms with E-state index in [0.29, 0.717) is 12.0 Å². The number of rotatable bonds is 5. The second kappa shape index (κ2) is 10.7. The minimum atomic E-state index is -0.132. The molecule has 0 radical (unpaired) electrons. The van der Waals surface area contributed by atoms with E-state index in [-0.39, 0.29) is 36.4 Å². The summed E-state index contributed by atoms with van der Waals surface area (Å²) in [6.45, 7) is 4.82. The molecule has 132 valence electrons. The van der Waals surface area contributed by atoms with Gasteiger partial charge in [0.2, 0.25) is 5.91 Å². The van der Waals surface area contributed by atoms with E-state index in [1.165, 1.54) is 0 Å². The van der Waals surface area contributed by atoms with Gasteiger partial charge in [0.05, 0.1) is 0 Å². The van der Waals surface area contributed by atoms with Gasteiger partial charge in [-0.1, -0.05) is 34.1 Å². The summed E-state index contributed by atoms with van der Waals surface area (Å²) in [5, 5.41) is 9.42. The normalized spacial score (nSPS) is 14.2. The molecule has 1 amide bonds. The van der Waals surface area contributed by atoms with Crippen molar-refractivity contribution in [3.8, 4) is 0 Å². The van der Waals surface area contributed by atoms with Gasteiger partial charge >= 0.3 is 0 Å². The molecule has 0 spiro atoms. The van der Waals surface area contributed by atoms with Gasteiger partial charge in [0.25, 0.3) is 0 Å². The molecule has 0 saturated carbocycles. The molecule has 0 bridgehead atoms. The summed E-state index contributed by atoms with van der Waals surface area (Å²) in [5.74, 6) is 0.551. The van der Waals surface area contributed by atoms with E-state index in [1.54, 1.807) is 0 Å². The average Bonchev–Trinajstić information content (AvgIpc) is 3.02. The van der Waals surface area contributed by atoms with Gasteiger partial charge in [-0.05, 0) is 44.4 Å². The summed E-state index contributed by atoms with van der Waals surface area (Å²) < 4.78 is 0.936. The first-order valence-electron chi connectivity index (χ1n) is 7.84. The zero-order valence-corrected chi connectivity index (χ0v) is 17.9. The first-order valence-corrected chi connectivity index (χ1v) is 8.63. The Balaban J connectivity index is 0.00000288. The van der Waals surface area contributed by atoms with Gasteiger partial charge in [-0.3, -0.25) is 4.79 Å². The van der Waals surface area contributed by atoms with Crippen molar-refractivity contribution in [2.24, 2.45) is 4.99 Å². The van der Waals surface area contributed by atoms with Crippen LogP contribution in [0.5, 0.6) is 0 Å². The maximum absolute atomic E-state index is 12.1. The SMILES string of the molecule is CCNC(=NCC(=O)Nc1cc(Br)ccc1C)NC1CC=CC1.I. The number of nitrogens with zero attached hydrogens (tertiary/aromatic N) is 1. The number of halogens is 2. The van der Waals surface area contributed by atoms with Crippen LogP contribution in [0.15, 0.2) is 39.8 Å². The number of aryl methyl sites for hydroxylation is 1. The number of nitrogens with one attached hydrogen (secondary N) is 3. The van der Waals surface area contributed by atoms with Crippen LogP contribution in [0.3, 0.4) is 0 Å². The molecule has 2 rings (SSSR count). The lowest BCUT2D eigenvalue weighted by Crippen LogP contribution is -2.43. The van der Waals surface area contributed by atoms with Gasteiger partial charge in [-0.15, -0.1) is 24.0 Å². The Kier molecular flexibility index (Phi) is 9.35. The van der Waals surface area contributed by atoms with E-state index in [2.05, 4.69) is 49.0 Å². The summed E-state index contributed by atoms with van der Waals surface area (Å²) in [6.07, 6.45) is 6.30. The van der Waals surface area contributed by atoms with Gasteiger partial charge in [-0.2, -0.15) is 0 Å². The molecule has 3 N–H and O–H groups in total. The number of aliphatic imine (C=N–C) groups is 1. The molecule has 1 aliphatic rings. The van der Waals surface area contributed by atoms with Crippen molar-refractivity contribution in [1.29, 1.82) is 0 Å². The Morgan fingerprint density at radius 3 is 2.71 bits per heavy atom. The first kappa shape index (κ1) is 21.0. The summed E-state index contributed by atoms with van der Waals surface area (Å²) in [5.41, 5.74) is 1.82. The Bertz CT molecular complexity index is 611. The van der Waals surface area contributed by atoms with Crippen LogP contribution in [0.4, 0.5) is 5.69 Å². The monoisotopic (exact) mass is 506 g/mol. The highest BCUT2D eigenvalue weighted by Crippen LogP contribution is 2.20. The van der Waals surface area contributed by atoms with Crippen molar-refractivity contribution in [2.75, 3.05) is 18.4 Å². The number of carbonyl (C=O) groups is 1. The number of benzene rings is 1. The van der Waals surface area contributed by atoms with E-state index in [4.69, 9.17) is 0 Å². The number of carbonyl (C=O) groups excluding carboxylic acids is 1. The predicted octanol–water partition coefficient (Wildman–Crippen LogP) is 3.59. The zero-order valence-electron chi connectivity index (χ0n) is 13.9. The van der Waals surface area contributed by atoms with Gasteiger partial charge in [0.1, 0.15) is 6.54 Å². The van der Waals surface area contributed by atoms with Crippen molar-refractivity contribution >= 4 is 57.5 Å². The van der Waals surface area contributed by atoms with E-state index in [9.17, 15) is 4.79 Å². The molecule has 0 atom stereocenters. The molecule has 1 aromatic carbocycles. The van der Waals surface area contributed by atoms with Crippen molar-refractivity contribution < 1.29 is 4.79 Å². The standard InChI is InChI=1S/C17H23BrN4O.HI/c1-3-19-17(21-14-6-4-5-7-14)20-11-16(23)22-15-10-13(18)9-8-12(15)2;/h4-5,8-10,14H,3,6-7,11H2,1-2H3,(H,22,23)(H2,19,20,21);1H. The fraction of sp³-hybridized carbons (Fsp3) is 0.412. The van der Waals surface area contributed by atoms with Crippen LogP contribution in [0.1, 0.15) is 25.3 Å². The molecule has 0 aliphatic heterocycles. The highest BCUT2D eigenvalue weighted by molar-refractivity contribution is 14.0. The zero-order chi connectivity index (χ0) is 16.7. The largest absolute Gasteiger partial charge is 0.357 e. The van der Waals surface area contributed by atoms with Crippen LogP contribution in [0.2, 0.25) is 0 Å². The predicted molar refractivity (Wildman–Crippen MR) is 114 cm³/mol. The Morgan fingerprint density at radius 2 is 2.04 bits per heavy atom. The molecular weight excluding hydrogens is 483 g/mol. The highest BCUT2D eigenvalue weighted by atomic mass is 127. The van der Waals surface area contributed by atoms with Crippen LogP contribution in [0.25, 0.3) is 0 Å². The second-order valence-corrected chi connectivity index (χ2v) is 6.40. The average molecular weight is 507 g/mol. The van der Waals surface area contributed by atoms with Gasteiger partial charge in [0.15, 0.2) is 5.96 Å². The van der Waals surface area contributed by atoms with Gasteiger partial charge < -0.3 is 16.0 Å². The number of guanidine groups is 1. The molecule has 0 unspecified atom stereocenters. The number of hydrogen-bond donors (Lipinski definition) is 3. The molecule has 7 heteroatoms. The lowest BCUT2D eigenvalue weighted by molar-refractivity contribution is -0.114. The number of hydrogen-bond acceptors (Lipinski definition) is 2. The maximum Gasteiger partial charge on any atom is 0.246 e. The fourth-order valence-electron chi connectivity index (χ4n) is 2.32. The van der Waals surface area contributed by atoms with E-state index in [0.717, 1.165) is 35.1 Å². The third-order valence-corrected chi connectivity index (χ3v) is 4.04. The van der Waals surface area contributed by atoms with E-state index < -0.39 is 0 Å². The Labute approximate surface area is 168 Å². The van der Waals surface area contributed by atoms with Crippen LogP contribution in [-0.2, 0) is 4.79 Å². The molecule has 1 aliphatic carbocycles. The highest BCUT2D eigenvalue weighted by Gasteiger charge is 2.12. The third kappa shape index (κ3) is 6.80. The van der Waals surface area contributed by atoms with Crippen molar-refractivity contribution in [1.82, 2.24) is 10.6 Å². The lowest BCUT2D eigenvalue weighted by atomic mass is 10.2. The molecule has 0 heterocycles. The maximum atomic E-state index is 12.1. The minimum Gasteiger partial charge on any atom is -0.357 e. The lowest BCUT2D eigenvalue weighted by Gasteiger charge is -2.16. The molecule has 1 aromatic rings. The Morgan fingerprint density at radius 1 is 1.33 bits per heavy atom. The molecule has 24 heavy (non-hydrogen) atoms. The van der Waals surface area contributed by atoms with Crippen LogP contribution < -0.4 is 16.0 Å². The summed E-state index contributed by atoms with van der Waals surface area (Å²) >= 11 is 3.41. The van der Waals surface area contributed by atoms with Gasteiger partial charge in [-0.25, -0.2) is 4.99 Å². The minimum absolute atomic E-state index is 0. The topological polar surface area (TPSA) is 65.5 Å². The molecular formula is C17H24BrIN4O. The second-order valence-electron chi connectivity index (χ2n) is 5.49. The third-order valence-electron chi connectivity index (χ3n) is 3.55. The molecule has 5 nitrogen and oxygen atoms in total. The molecule has 0 fully saturated rings. The summed E-state index contributed by atoms with van der Waals surface area (Å²) in [7, 11) is 0. The molecule has 0 saturated heterocycles. The van der Waals surface area contributed by atoms with Crippen molar-refractivity contribution in [2.45, 2.75) is 32.7 Å². The first-order chi connectivity index (χ1) is 11.1. The quantitative estimate of drug-likeness (QED) is 0.247.